The summed E-state index contributed by atoms with van der Waals surface area (Å²) < 4.78 is 24.8. The Hall–Kier alpha value is -0.910. The molecule has 5 heteroatoms. The van der Waals surface area contributed by atoms with Crippen molar-refractivity contribution in [3.63, 3.8) is 0 Å². The normalized spacial score (nSPS) is 24.1. The third-order valence-electron chi connectivity index (χ3n) is 4.05. The molecule has 1 aromatic rings. The molecule has 1 saturated heterocycles. The van der Waals surface area contributed by atoms with Gasteiger partial charge in [-0.1, -0.05) is 19.1 Å². The van der Waals surface area contributed by atoms with E-state index in [1.165, 1.54) is 0 Å². The van der Waals surface area contributed by atoms with E-state index < -0.39 is 9.84 Å². The largest absolute Gasteiger partial charge is 0.326 e. The number of hydrogen-bond donors (Lipinski definition) is 1. The average Bonchev–Trinajstić information content (AvgIpc) is 2.75. The molecule has 0 saturated carbocycles. The van der Waals surface area contributed by atoms with Crippen LogP contribution >= 0.6 is 0 Å². The molecular weight excluding hydrogens is 272 g/mol. The van der Waals surface area contributed by atoms with Gasteiger partial charge in [-0.25, -0.2) is 8.42 Å². The standard InChI is InChI=1S/C15H24N2O2S/c1-12-8-13(2)17(11-12)6-7-20(18,19)15-5-3-4-14(9-15)10-16/h3-5,9,12-13H,6-8,10-11,16H2,1-2H3. The van der Waals surface area contributed by atoms with E-state index in [4.69, 9.17) is 5.73 Å². The Morgan fingerprint density at radius 1 is 1.35 bits per heavy atom. The third kappa shape index (κ3) is 3.59. The highest BCUT2D eigenvalue weighted by Gasteiger charge is 2.27. The summed E-state index contributed by atoms with van der Waals surface area (Å²) >= 11 is 0. The van der Waals surface area contributed by atoms with E-state index in [0.717, 1.165) is 18.5 Å². The fourth-order valence-corrected chi connectivity index (χ4v) is 4.25. The zero-order valence-electron chi connectivity index (χ0n) is 12.2. The summed E-state index contributed by atoms with van der Waals surface area (Å²) in [4.78, 5) is 2.66. The highest BCUT2D eigenvalue weighted by molar-refractivity contribution is 7.91. The first kappa shape index (κ1) is 15.5. The Kier molecular flexibility index (Phi) is 4.83. The van der Waals surface area contributed by atoms with E-state index in [1.807, 2.05) is 6.07 Å². The number of nitrogens with zero attached hydrogens (tertiary/aromatic N) is 1. The predicted octanol–water partition coefficient (Wildman–Crippen LogP) is 1.65. The maximum Gasteiger partial charge on any atom is 0.179 e. The van der Waals surface area contributed by atoms with Crippen LogP contribution in [0.25, 0.3) is 0 Å². The molecule has 0 spiro atoms. The zero-order chi connectivity index (χ0) is 14.8. The van der Waals surface area contributed by atoms with Gasteiger partial charge in [-0.2, -0.15) is 0 Å². The van der Waals surface area contributed by atoms with Crippen molar-refractivity contribution < 1.29 is 8.42 Å². The molecule has 1 heterocycles. The molecule has 2 atom stereocenters. The molecule has 2 N–H and O–H groups in total. The van der Waals surface area contributed by atoms with E-state index in [2.05, 4.69) is 18.7 Å². The monoisotopic (exact) mass is 296 g/mol. The lowest BCUT2D eigenvalue weighted by Gasteiger charge is -2.20. The maximum atomic E-state index is 12.4. The minimum Gasteiger partial charge on any atom is -0.326 e. The Bertz CT molecular complexity index is 557. The Labute approximate surface area is 121 Å². The van der Waals surface area contributed by atoms with Crippen LogP contribution < -0.4 is 5.73 Å². The Morgan fingerprint density at radius 3 is 2.70 bits per heavy atom. The number of nitrogens with two attached hydrogens (primary N) is 1. The van der Waals surface area contributed by atoms with Gasteiger partial charge >= 0.3 is 0 Å². The highest BCUT2D eigenvalue weighted by Crippen LogP contribution is 2.22. The topological polar surface area (TPSA) is 63.4 Å². The van der Waals surface area contributed by atoms with Gasteiger partial charge in [0.25, 0.3) is 0 Å². The van der Waals surface area contributed by atoms with Gasteiger partial charge in [0, 0.05) is 25.7 Å². The first-order valence-corrected chi connectivity index (χ1v) is 8.83. The molecule has 1 aliphatic heterocycles. The second-order valence-electron chi connectivity index (χ2n) is 5.86. The molecule has 1 aliphatic rings. The molecule has 2 rings (SSSR count). The number of hydrogen-bond acceptors (Lipinski definition) is 4. The van der Waals surface area contributed by atoms with Crippen molar-refractivity contribution >= 4 is 9.84 Å². The third-order valence-corrected chi connectivity index (χ3v) is 5.75. The summed E-state index contributed by atoms with van der Waals surface area (Å²) in [5, 5.41) is 0. The van der Waals surface area contributed by atoms with Crippen LogP contribution in [0.4, 0.5) is 0 Å². The fraction of sp³-hybridized carbons (Fsp3) is 0.600. The summed E-state index contributed by atoms with van der Waals surface area (Å²) in [5.41, 5.74) is 6.42. The van der Waals surface area contributed by atoms with Crippen LogP contribution in [0.15, 0.2) is 29.2 Å². The Morgan fingerprint density at radius 2 is 2.10 bits per heavy atom. The molecule has 0 aliphatic carbocycles. The summed E-state index contributed by atoms with van der Waals surface area (Å²) in [6.07, 6.45) is 1.16. The molecule has 112 valence electrons. The van der Waals surface area contributed by atoms with Gasteiger partial charge < -0.3 is 5.73 Å². The van der Waals surface area contributed by atoms with E-state index in [1.54, 1.807) is 18.2 Å². The molecule has 0 radical (unpaired) electrons. The minimum absolute atomic E-state index is 0.179. The van der Waals surface area contributed by atoms with Crippen molar-refractivity contribution in [1.82, 2.24) is 4.90 Å². The Balaban J connectivity index is 2.04. The van der Waals surface area contributed by atoms with Gasteiger partial charge in [0.15, 0.2) is 9.84 Å². The lowest BCUT2D eigenvalue weighted by Crippen LogP contribution is -2.32. The smallest absolute Gasteiger partial charge is 0.179 e. The molecule has 1 aromatic carbocycles. The zero-order valence-corrected chi connectivity index (χ0v) is 13.1. The second-order valence-corrected chi connectivity index (χ2v) is 7.96. The van der Waals surface area contributed by atoms with Crippen LogP contribution in [0.3, 0.4) is 0 Å². The van der Waals surface area contributed by atoms with Gasteiger partial charge in [-0.3, -0.25) is 4.90 Å². The van der Waals surface area contributed by atoms with Crippen molar-refractivity contribution in [2.45, 2.75) is 37.8 Å². The minimum atomic E-state index is -3.22. The van der Waals surface area contributed by atoms with E-state index in [0.29, 0.717) is 29.9 Å². The van der Waals surface area contributed by atoms with E-state index >= 15 is 0 Å². The van der Waals surface area contributed by atoms with Crippen molar-refractivity contribution in [1.29, 1.82) is 0 Å². The van der Waals surface area contributed by atoms with Crippen LogP contribution in [0.5, 0.6) is 0 Å². The van der Waals surface area contributed by atoms with Crippen LogP contribution in [0, 0.1) is 5.92 Å². The van der Waals surface area contributed by atoms with Crippen molar-refractivity contribution in [2.24, 2.45) is 11.7 Å². The van der Waals surface area contributed by atoms with Crippen molar-refractivity contribution in [3.8, 4) is 0 Å². The molecule has 0 bridgehead atoms. The van der Waals surface area contributed by atoms with Gasteiger partial charge in [0.1, 0.15) is 0 Å². The highest BCUT2D eigenvalue weighted by atomic mass is 32.2. The van der Waals surface area contributed by atoms with Crippen molar-refractivity contribution in [2.75, 3.05) is 18.8 Å². The second kappa shape index (κ2) is 6.24. The van der Waals surface area contributed by atoms with Crippen LogP contribution in [-0.4, -0.2) is 38.2 Å². The molecule has 0 amide bonds. The molecule has 2 unspecified atom stereocenters. The number of sulfone groups is 1. The van der Waals surface area contributed by atoms with Crippen molar-refractivity contribution in [3.05, 3.63) is 29.8 Å². The van der Waals surface area contributed by atoms with E-state index in [9.17, 15) is 8.42 Å². The lowest BCUT2D eigenvalue weighted by atomic mass is 10.1. The summed E-state index contributed by atoms with van der Waals surface area (Å²) in [5.74, 6) is 0.839. The molecule has 0 aromatic heterocycles. The number of benzene rings is 1. The first-order chi connectivity index (χ1) is 9.42. The van der Waals surface area contributed by atoms with E-state index in [-0.39, 0.29) is 5.75 Å². The number of rotatable bonds is 5. The van der Waals surface area contributed by atoms with Gasteiger partial charge in [0.2, 0.25) is 0 Å². The number of likely N-dealkylation sites (tertiary alicyclic amines) is 1. The van der Waals surface area contributed by atoms with Crippen LogP contribution in [-0.2, 0) is 16.4 Å². The summed E-state index contributed by atoms with van der Waals surface area (Å²) in [6, 6.07) is 7.44. The van der Waals surface area contributed by atoms with Crippen LogP contribution in [0.2, 0.25) is 0 Å². The summed E-state index contributed by atoms with van der Waals surface area (Å²) in [6.45, 7) is 6.37. The molecular formula is C15H24N2O2S. The lowest BCUT2D eigenvalue weighted by molar-refractivity contribution is 0.281. The van der Waals surface area contributed by atoms with Gasteiger partial charge in [-0.05, 0) is 37.0 Å². The molecule has 1 fully saturated rings. The quantitative estimate of drug-likeness (QED) is 0.897. The predicted molar refractivity (Wildman–Crippen MR) is 81.2 cm³/mol. The SMILES string of the molecule is CC1CC(C)N(CCS(=O)(=O)c2cccc(CN)c2)C1. The summed E-state index contributed by atoms with van der Waals surface area (Å²) in [7, 11) is -3.22. The fourth-order valence-electron chi connectivity index (χ4n) is 2.92. The van der Waals surface area contributed by atoms with Gasteiger partial charge in [0.05, 0.1) is 10.6 Å². The van der Waals surface area contributed by atoms with Crippen LogP contribution in [0.1, 0.15) is 25.8 Å². The van der Waals surface area contributed by atoms with Gasteiger partial charge in [-0.15, -0.1) is 0 Å². The molecule has 20 heavy (non-hydrogen) atoms. The average molecular weight is 296 g/mol. The molecule has 4 nitrogen and oxygen atoms in total. The maximum absolute atomic E-state index is 12.4. The first-order valence-electron chi connectivity index (χ1n) is 7.18.